The van der Waals surface area contributed by atoms with Gasteiger partial charge in [-0.05, 0) is 50.3 Å². The van der Waals surface area contributed by atoms with E-state index in [4.69, 9.17) is 9.84 Å². The van der Waals surface area contributed by atoms with E-state index in [9.17, 15) is 13.2 Å². The number of pyridine rings is 1. The van der Waals surface area contributed by atoms with E-state index >= 15 is 0 Å². The fraction of sp³-hybridized carbons (Fsp3) is 0.444. The van der Waals surface area contributed by atoms with Gasteiger partial charge in [0, 0.05) is 17.6 Å². The SMILES string of the molecule is COC(=O)[C@H](NS(=O)(=O)c1ccc(-c2ccccn2)s1)C(C)(C)SCCCO. The van der Waals surface area contributed by atoms with Gasteiger partial charge in [-0.25, -0.2) is 8.42 Å². The van der Waals surface area contributed by atoms with Gasteiger partial charge in [-0.3, -0.25) is 9.78 Å². The summed E-state index contributed by atoms with van der Waals surface area (Å²) in [5, 5.41) is 8.97. The Kier molecular flexibility index (Phi) is 8.02. The van der Waals surface area contributed by atoms with Crippen molar-refractivity contribution in [2.24, 2.45) is 0 Å². The van der Waals surface area contributed by atoms with Crippen LogP contribution in [0.15, 0.2) is 40.7 Å². The van der Waals surface area contributed by atoms with Crippen LogP contribution in [-0.4, -0.2) is 54.7 Å². The molecule has 0 saturated carbocycles. The predicted octanol–water partition coefficient (Wildman–Crippen LogP) is 2.52. The topological polar surface area (TPSA) is 106 Å². The zero-order valence-electron chi connectivity index (χ0n) is 15.9. The number of aliphatic hydroxyl groups excluding tert-OH is 1. The molecule has 2 heterocycles. The van der Waals surface area contributed by atoms with Gasteiger partial charge in [-0.15, -0.1) is 11.3 Å². The number of carbonyl (C=O) groups is 1. The van der Waals surface area contributed by atoms with Gasteiger partial charge in [0.05, 0.1) is 17.7 Å². The largest absolute Gasteiger partial charge is 0.468 e. The molecule has 0 radical (unpaired) electrons. The maximum Gasteiger partial charge on any atom is 0.325 e. The first-order valence-corrected chi connectivity index (χ1v) is 11.9. The minimum Gasteiger partial charge on any atom is -0.468 e. The molecule has 28 heavy (non-hydrogen) atoms. The zero-order chi connectivity index (χ0) is 20.8. The highest BCUT2D eigenvalue weighted by atomic mass is 32.2. The number of esters is 1. The number of hydrogen-bond donors (Lipinski definition) is 2. The number of nitrogens with one attached hydrogen (secondary N) is 1. The highest BCUT2D eigenvalue weighted by Gasteiger charge is 2.40. The number of nitrogens with zero attached hydrogens (tertiary/aromatic N) is 1. The molecule has 7 nitrogen and oxygen atoms in total. The molecule has 2 N–H and O–H groups in total. The van der Waals surface area contributed by atoms with E-state index < -0.39 is 26.8 Å². The lowest BCUT2D eigenvalue weighted by molar-refractivity contribution is -0.143. The van der Waals surface area contributed by atoms with Crippen LogP contribution in [0, 0.1) is 0 Å². The third-order valence-corrected chi connectivity index (χ3v) is 8.44. The highest BCUT2D eigenvalue weighted by molar-refractivity contribution is 8.00. The number of thioether (sulfide) groups is 1. The number of carbonyl (C=O) groups excluding carboxylic acids is 1. The van der Waals surface area contributed by atoms with E-state index in [2.05, 4.69) is 9.71 Å². The molecule has 2 aromatic heterocycles. The van der Waals surface area contributed by atoms with E-state index in [1.54, 1.807) is 38.2 Å². The number of ether oxygens (including phenoxy) is 1. The molecule has 0 aliphatic heterocycles. The summed E-state index contributed by atoms with van der Waals surface area (Å²) in [6, 6.07) is 7.52. The van der Waals surface area contributed by atoms with Gasteiger partial charge in [0.15, 0.2) is 0 Å². The lowest BCUT2D eigenvalue weighted by Gasteiger charge is -2.32. The van der Waals surface area contributed by atoms with Crippen molar-refractivity contribution in [1.82, 2.24) is 9.71 Å². The molecule has 2 rings (SSSR count). The maximum atomic E-state index is 12.9. The summed E-state index contributed by atoms with van der Waals surface area (Å²) in [5.41, 5.74) is 0.679. The van der Waals surface area contributed by atoms with Gasteiger partial charge in [0.1, 0.15) is 10.3 Å². The summed E-state index contributed by atoms with van der Waals surface area (Å²) in [7, 11) is -2.71. The Labute approximate surface area is 173 Å². The van der Waals surface area contributed by atoms with Crippen molar-refractivity contribution < 1.29 is 23.1 Å². The van der Waals surface area contributed by atoms with Gasteiger partial charge in [0.2, 0.25) is 0 Å². The Morgan fingerprint density at radius 3 is 2.71 bits per heavy atom. The van der Waals surface area contributed by atoms with Crippen molar-refractivity contribution >= 4 is 39.1 Å². The lowest BCUT2D eigenvalue weighted by atomic mass is 10.0. The van der Waals surface area contributed by atoms with Gasteiger partial charge in [-0.1, -0.05) is 6.07 Å². The average molecular weight is 445 g/mol. The minimum absolute atomic E-state index is 0.0309. The molecule has 0 aromatic carbocycles. The molecule has 1 atom stereocenters. The van der Waals surface area contributed by atoms with Crippen molar-refractivity contribution in [3.63, 3.8) is 0 Å². The van der Waals surface area contributed by atoms with Crippen LogP contribution in [0.4, 0.5) is 0 Å². The molecule has 0 aliphatic carbocycles. The van der Waals surface area contributed by atoms with Crippen LogP contribution >= 0.6 is 23.1 Å². The summed E-state index contributed by atoms with van der Waals surface area (Å²) in [5.74, 6) is -0.0757. The van der Waals surface area contributed by atoms with Crippen molar-refractivity contribution in [3.05, 3.63) is 36.5 Å². The van der Waals surface area contributed by atoms with E-state index in [-0.39, 0.29) is 10.8 Å². The Balaban J connectivity index is 2.25. The quantitative estimate of drug-likeness (QED) is 0.428. The molecule has 0 bridgehead atoms. The van der Waals surface area contributed by atoms with Crippen LogP contribution in [0.3, 0.4) is 0 Å². The average Bonchev–Trinajstić information content (AvgIpc) is 3.17. The summed E-state index contributed by atoms with van der Waals surface area (Å²) in [4.78, 5) is 17.2. The Bertz CT molecular complexity index is 882. The predicted molar refractivity (Wildman–Crippen MR) is 112 cm³/mol. The molecule has 10 heteroatoms. The van der Waals surface area contributed by atoms with Crippen LogP contribution in [0.1, 0.15) is 20.3 Å². The minimum atomic E-state index is -3.94. The second-order valence-corrected chi connectivity index (χ2v) is 11.2. The van der Waals surface area contributed by atoms with Crippen molar-refractivity contribution in [2.75, 3.05) is 19.5 Å². The molecular formula is C18H24N2O5S3. The fourth-order valence-corrected chi connectivity index (χ4v) is 6.23. The molecule has 154 valence electrons. The second kappa shape index (κ2) is 9.84. The van der Waals surface area contributed by atoms with Crippen LogP contribution in [0.25, 0.3) is 10.6 Å². The van der Waals surface area contributed by atoms with Crippen LogP contribution in [0.5, 0.6) is 0 Å². The molecule has 0 fully saturated rings. The number of aliphatic hydroxyl groups is 1. The normalized spacial score (nSPS) is 13.3. The number of rotatable bonds is 10. The number of hydrogen-bond acceptors (Lipinski definition) is 8. The first-order chi connectivity index (χ1) is 13.2. The van der Waals surface area contributed by atoms with E-state index in [0.717, 1.165) is 11.3 Å². The summed E-state index contributed by atoms with van der Waals surface area (Å²) < 4.78 is 32.5. The van der Waals surface area contributed by atoms with Gasteiger partial charge in [-0.2, -0.15) is 16.5 Å². The van der Waals surface area contributed by atoms with Crippen molar-refractivity contribution in [3.8, 4) is 10.6 Å². The molecule has 0 amide bonds. The maximum absolute atomic E-state index is 12.9. The van der Waals surface area contributed by atoms with Gasteiger partial charge < -0.3 is 9.84 Å². The Morgan fingerprint density at radius 1 is 1.36 bits per heavy atom. The fourth-order valence-electron chi connectivity index (χ4n) is 2.40. The number of aromatic nitrogens is 1. The summed E-state index contributed by atoms with van der Waals surface area (Å²) >= 11 is 2.48. The standard InChI is InChI=1S/C18H24N2O5S3/c1-18(2,26-12-6-11-21)16(17(22)25-3)20-28(23,24)15-9-8-14(27-15)13-7-4-5-10-19-13/h4-5,7-10,16,20-21H,6,11-12H2,1-3H3/t16-/m0/s1. The molecule has 0 unspecified atom stereocenters. The lowest BCUT2D eigenvalue weighted by Crippen LogP contribution is -2.52. The first kappa shape index (κ1) is 22.8. The van der Waals surface area contributed by atoms with E-state index in [1.807, 2.05) is 6.07 Å². The molecule has 2 aromatic rings. The number of thiophene rings is 1. The van der Waals surface area contributed by atoms with Crippen LogP contribution < -0.4 is 4.72 Å². The smallest absolute Gasteiger partial charge is 0.325 e. The summed E-state index contributed by atoms with van der Waals surface area (Å²) in [6.07, 6.45) is 2.19. The Hall–Kier alpha value is -1.46. The van der Waals surface area contributed by atoms with E-state index in [1.165, 1.54) is 24.9 Å². The molecule has 0 spiro atoms. The molecular weight excluding hydrogens is 420 g/mol. The first-order valence-electron chi connectivity index (χ1n) is 8.57. The second-order valence-electron chi connectivity index (χ2n) is 6.44. The van der Waals surface area contributed by atoms with Gasteiger partial charge >= 0.3 is 5.97 Å². The van der Waals surface area contributed by atoms with Crippen LogP contribution in [-0.2, 0) is 19.6 Å². The zero-order valence-corrected chi connectivity index (χ0v) is 18.4. The number of sulfonamides is 1. The van der Waals surface area contributed by atoms with Crippen LogP contribution in [0.2, 0.25) is 0 Å². The Morgan fingerprint density at radius 2 is 2.11 bits per heavy atom. The van der Waals surface area contributed by atoms with Gasteiger partial charge in [0.25, 0.3) is 10.0 Å². The summed E-state index contributed by atoms with van der Waals surface area (Å²) in [6.45, 7) is 3.57. The number of methoxy groups -OCH3 is 1. The monoisotopic (exact) mass is 444 g/mol. The highest BCUT2D eigenvalue weighted by Crippen LogP contribution is 2.33. The molecule has 0 aliphatic rings. The van der Waals surface area contributed by atoms with E-state index in [0.29, 0.717) is 22.7 Å². The third-order valence-electron chi connectivity index (χ3n) is 3.95. The third kappa shape index (κ3) is 5.77. The molecule has 0 saturated heterocycles. The van der Waals surface area contributed by atoms with Crippen molar-refractivity contribution in [2.45, 2.75) is 35.3 Å². The van der Waals surface area contributed by atoms with Crippen molar-refractivity contribution in [1.29, 1.82) is 0 Å².